The zero-order valence-electron chi connectivity index (χ0n) is 9.67. The number of aromatic hydroxyl groups is 1. The summed E-state index contributed by atoms with van der Waals surface area (Å²) in [6, 6.07) is 10.3. The molecule has 19 heavy (non-hydrogen) atoms. The van der Waals surface area contributed by atoms with Crippen LogP contribution < -0.4 is 10.5 Å². The van der Waals surface area contributed by atoms with Gasteiger partial charge in [-0.2, -0.15) is 0 Å². The van der Waals surface area contributed by atoms with Gasteiger partial charge in [-0.25, -0.2) is 8.42 Å². The Hall–Kier alpha value is -1.73. The van der Waals surface area contributed by atoms with Crippen LogP contribution in [0, 0.1) is 0 Å². The Balaban J connectivity index is 2.38. The molecule has 4 N–H and O–H groups in total. The molecule has 0 heterocycles. The Morgan fingerprint density at radius 3 is 2.53 bits per heavy atom. The summed E-state index contributed by atoms with van der Waals surface area (Å²) in [5.41, 5.74) is 6.31. The van der Waals surface area contributed by atoms with Gasteiger partial charge in [0, 0.05) is 16.2 Å². The van der Waals surface area contributed by atoms with Gasteiger partial charge in [0.05, 0.1) is 5.69 Å². The maximum atomic E-state index is 12.2. The summed E-state index contributed by atoms with van der Waals surface area (Å²) in [5.74, 6) is -0.0171. The Bertz CT molecular complexity index is 717. The van der Waals surface area contributed by atoms with E-state index in [0.717, 1.165) is 0 Å². The monoisotopic (exact) mass is 342 g/mol. The van der Waals surface area contributed by atoms with Crippen LogP contribution in [0.2, 0.25) is 0 Å². The van der Waals surface area contributed by atoms with Crippen LogP contribution in [0.1, 0.15) is 0 Å². The number of nitrogen functional groups attached to an aromatic ring is 1. The highest BCUT2D eigenvalue weighted by Gasteiger charge is 2.17. The van der Waals surface area contributed by atoms with Crippen molar-refractivity contribution in [3.63, 3.8) is 0 Å². The summed E-state index contributed by atoms with van der Waals surface area (Å²) in [5, 5.41) is 9.31. The summed E-state index contributed by atoms with van der Waals surface area (Å²) >= 11 is 3.16. The average Bonchev–Trinajstić information content (AvgIpc) is 2.27. The Labute approximate surface area is 119 Å². The molecule has 0 bridgehead atoms. The predicted molar refractivity (Wildman–Crippen MR) is 77.5 cm³/mol. The molecule has 0 aliphatic carbocycles. The van der Waals surface area contributed by atoms with Crippen molar-refractivity contribution in [1.29, 1.82) is 0 Å². The fourth-order valence-corrected chi connectivity index (χ4v) is 3.66. The van der Waals surface area contributed by atoms with E-state index in [1.165, 1.54) is 30.3 Å². The molecule has 2 rings (SSSR count). The van der Waals surface area contributed by atoms with Gasteiger partial charge in [-0.05, 0) is 46.3 Å². The lowest BCUT2D eigenvalue weighted by Gasteiger charge is -2.10. The van der Waals surface area contributed by atoms with Crippen molar-refractivity contribution in [3.8, 4) is 5.75 Å². The van der Waals surface area contributed by atoms with E-state index in [0.29, 0.717) is 10.2 Å². The predicted octanol–water partition coefficient (Wildman–Crippen LogP) is 2.54. The summed E-state index contributed by atoms with van der Waals surface area (Å²) in [4.78, 5) is 0.0741. The minimum atomic E-state index is -3.74. The average molecular weight is 343 g/mol. The Kier molecular flexibility index (Phi) is 3.68. The van der Waals surface area contributed by atoms with E-state index in [1.807, 2.05) is 0 Å². The minimum absolute atomic E-state index is 0.0171. The normalized spacial score (nSPS) is 11.2. The lowest BCUT2D eigenvalue weighted by atomic mass is 10.3. The number of nitrogens with one attached hydrogen (secondary N) is 1. The molecular weight excluding hydrogens is 332 g/mol. The fraction of sp³-hybridized carbons (Fsp3) is 0. The molecule has 0 radical (unpaired) electrons. The van der Waals surface area contributed by atoms with Crippen LogP contribution in [0.3, 0.4) is 0 Å². The van der Waals surface area contributed by atoms with Crippen LogP contribution in [0.25, 0.3) is 0 Å². The van der Waals surface area contributed by atoms with Crippen molar-refractivity contribution in [2.45, 2.75) is 4.90 Å². The third-order valence-electron chi connectivity index (χ3n) is 2.34. The van der Waals surface area contributed by atoms with Crippen molar-refractivity contribution in [1.82, 2.24) is 0 Å². The maximum Gasteiger partial charge on any atom is 0.263 e. The molecular formula is C12H11BrN2O3S. The van der Waals surface area contributed by atoms with E-state index in [4.69, 9.17) is 5.73 Å². The first-order valence-corrected chi connectivity index (χ1v) is 7.53. The molecule has 0 aliphatic heterocycles. The van der Waals surface area contributed by atoms with Gasteiger partial charge in [0.15, 0.2) is 0 Å². The second kappa shape index (κ2) is 5.10. The highest BCUT2D eigenvalue weighted by molar-refractivity contribution is 9.10. The zero-order chi connectivity index (χ0) is 14.0. The minimum Gasteiger partial charge on any atom is -0.508 e. The second-order valence-corrected chi connectivity index (χ2v) is 6.35. The number of anilines is 2. The van der Waals surface area contributed by atoms with E-state index in [1.54, 1.807) is 12.1 Å². The van der Waals surface area contributed by atoms with Gasteiger partial charge in [-0.15, -0.1) is 0 Å². The molecule has 2 aromatic rings. The number of nitrogens with two attached hydrogens (primary N) is 1. The van der Waals surface area contributed by atoms with Crippen molar-refractivity contribution < 1.29 is 13.5 Å². The van der Waals surface area contributed by atoms with Gasteiger partial charge >= 0.3 is 0 Å². The molecule has 2 aromatic carbocycles. The van der Waals surface area contributed by atoms with E-state index < -0.39 is 10.0 Å². The van der Waals surface area contributed by atoms with E-state index in [-0.39, 0.29) is 16.3 Å². The topological polar surface area (TPSA) is 92.4 Å². The van der Waals surface area contributed by atoms with Gasteiger partial charge < -0.3 is 10.8 Å². The number of phenols is 1. The second-order valence-electron chi connectivity index (χ2n) is 3.85. The first-order valence-electron chi connectivity index (χ1n) is 5.25. The van der Waals surface area contributed by atoms with E-state index in [9.17, 15) is 13.5 Å². The van der Waals surface area contributed by atoms with Crippen LogP contribution in [0.5, 0.6) is 5.75 Å². The van der Waals surface area contributed by atoms with Crippen LogP contribution in [0.4, 0.5) is 11.4 Å². The Morgan fingerprint density at radius 2 is 1.89 bits per heavy atom. The Morgan fingerprint density at radius 1 is 1.16 bits per heavy atom. The van der Waals surface area contributed by atoms with Crippen molar-refractivity contribution in [3.05, 3.63) is 46.9 Å². The summed E-state index contributed by atoms with van der Waals surface area (Å²) in [6.07, 6.45) is 0. The first-order chi connectivity index (χ1) is 8.88. The third-order valence-corrected chi connectivity index (χ3v) is 4.70. The molecule has 0 aliphatic rings. The van der Waals surface area contributed by atoms with Crippen molar-refractivity contribution >= 4 is 37.3 Å². The number of phenolic OH excluding ortho intramolecular Hbond substituents is 1. The molecule has 5 nitrogen and oxygen atoms in total. The van der Waals surface area contributed by atoms with E-state index in [2.05, 4.69) is 20.7 Å². The maximum absolute atomic E-state index is 12.2. The molecule has 0 amide bonds. The smallest absolute Gasteiger partial charge is 0.263 e. The molecule has 0 unspecified atom stereocenters. The standard InChI is InChI=1S/C12H11BrN2O3S/c13-11-6-8(14)4-5-12(11)19(17,18)15-9-2-1-3-10(16)7-9/h1-7,15-16H,14H2. The molecule has 0 saturated carbocycles. The van der Waals surface area contributed by atoms with Crippen LogP contribution in [-0.2, 0) is 10.0 Å². The molecule has 0 saturated heterocycles. The molecule has 100 valence electrons. The molecule has 7 heteroatoms. The van der Waals surface area contributed by atoms with Crippen LogP contribution in [-0.4, -0.2) is 13.5 Å². The number of hydrogen-bond acceptors (Lipinski definition) is 4. The lowest BCUT2D eigenvalue weighted by Crippen LogP contribution is -2.13. The van der Waals surface area contributed by atoms with Gasteiger partial charge in [0.1, 0.15) is 10.6 Å². The van der Waals surface area contributed by atoms with Gasteiger partial charge in [0.25, 0.3) is 10.0 Å². The molecule has 0 spiro atoms. The lowest BCUT2D eigenvalue weighted by molar-refractivity contribution is 0.475. The SMILES string of the molecule is Nc1ccc(S(=O)(=O)Nc2cccc(O)c2)c(Br)c1. The number of sulfonamides is 1. The number of hydrogen-bond donors (Lipinski definition) is 3. The first kappa shape index (κ1) is 13.7. The quantitative estimate of drug-likeness (QED) is 0.747. The third kappa shape index (κ3) is 3.18. The molecule has 0 atom stereocenters. The molecule has 0 fully saturated rings. The van der Waals surface area contributed by atoms with Crippen molar-refractivity contribution in [2.24, 2.45) is 0 Å². The highest BCUT2D eigenvalue weighted by atomic mass is 79.9. The summed E-state index contributed by atoms with van der Waals surface area (Å²) < 4.78 is 27.1. The van der Waals surface area contributed by atoms with Crippen LogP contribution >= 0.6 is 15.9 Å². The van der Waals surface area contributed by atoms with Gasteiger partial charge in [-0.3, -0.25) is 4.72 Å². The van der Waals surface area contributed by atoms with Crippen LogP contribution in [0.15, 0.2) is 51.8 Å². The zero-order valence-corrected chi connectivity index (χ0v) is 12.1. The number of rotatable bonds is 3. The number of halogens is 1. The van der Waals surface area contributed by atoms with Crippen molar-refractivity contribution in [2.75, 3.05) is 10.5 Å². The highest BCUT2D eigenvalue weighted by Crippen LogP contribution is 2.26. The largest absolute Gasteiger partial charge is 0.508 e. The molecule has 0 aromatic heterocycles. The van der Waals surface area contributed by atoms with E-state index >= 15 is 0 Å². The number of benzene rings is 2. The van der Waals surface area contributed by atoms with Gasteiger partial charge in [0.2, 0.25) is 0 Å². The van der Waals surface area contributed by atoms with Gasteiger partial charge in [-0.1, -0.05) is 6.07 Å². The summed E-state index contributed by atoms with van der Waals surface area (Å²) in [7, 11) is -3.74. The summed E-state index contributed by atoms with van der Waals surface area (Å²) in [6.45, 7) is 0. The fourth-order valence-electron chi connectivity index (χ4n) is 1.51.